The van der Waals surface area contributed by atoms with Crippen molar-refractivity contribution in [1.29, 1.82) is 0 Å². The normalized spacial score (nSPS) is 10.4. The third-order valence-electron chi connectivity index (χ3n) is 3.82. The van der Waals surface area contributed by atoms with E-state index in [0.29, 0.717) is 5.69 Å². The van der Waals surface area contributed by atoms with Gasteiger partial charge in [-0.1, -0.05) is 23.8 Å². The number of rotatable bonds is 4. The second kappa shape index (κ2) is 7.18. The van der Waals surface area contributed by atoms with Gasteiger partial charge in [0.25, 0.3) is 5.91 Å². The SMILES string of the molecule is Cc1ccc(NC(=O)c2ccc(Nc3cc(C)cc(C)c3)cn2)cc1. The van der Waals surface area contributed by atoms with Gasteiger partial charge in [-0.05, 0) is 68.3 Å². The molecule has 0 saturated heterocycles. The van der Waals surface area contributed by atoms with Crippen molar-refractivity contribution in [3.8, 4) is 0 Å². The molecule has 3 aromatic rings. The van der Waals surface area contributed by atoms with Crippen LogP contribution in [0.2, 0.25) is 0 Å². The van der Waals surface area contributed by atoms with Gasteiger partial charge in [0.05, 0.1) is 11.9 Å². The molecule has 0 atom stereocenters. The van der Waals surface area contributed by atoms with Crippen molar-refractivity contribution in [2.24, 2.45) is 0 Å². The quantitative estimate of drug-likeness (QED) is 0.707. The predicted octanol–water partition coefficient (Wildman–Crippen LogP) is 5.00. The zero-order valence-electron chi connectivity index (χ0n) is 14.6. The Kier molecular flexibility index (Phi) is 4.80. The second-order valence-corrected chi connectivity index (χ2v) is 6.25. The number of nitrogens with one attached hydrogen (secondary N) is 2. The fourth-order valence-corrected chi connectivity index (χ4v) is 2.65. The highest BCUT2D eigenvalue weighted by molar-refractivity contribution is 6.02. The molecule has 1 aromatic heterocycles. The molecule has 0 saturated carbocycles. The van der Waals surface area contributed by atoms with Crippen LogP contribution in [0.5, 0.6) is 0 Å². The van der Waals surface area contributed by atoms with Crippen LogP contribution in [-0.4, -0.2) is 10.9 Å². The lowest BCUT2D eigenvalue weighted by Gasteiger charge is -2.09. The van der Waals surface area contributed by atoms with Crippen LogP contribution in [0.1, 0.15) is 27.2 Å². The Morgan fingerprint density at radius 2 is 1.40 bits per heavy atom. The summed E-state index contributed by atoms with van der Waals surface area (Å²) < 4.78 is 0. The minimum Gasteiger partial charge on any atom is -0.354 e. The van der Waals surface area contributed by atoms with E-state index in [1.165, 1.54) is 11.1 Å². The predicted molar refractivity (Wildman–Crippen MR) is 103 cm³/mol. The smallest absolute Gasteiger partial charge is 0.274 e. The van der Waals surface area contributed by atoms with Gasteiger partial charge in [0, 0.05) is 11.4 Å². The van der Waals surface area contributed by atoms with E-state index in [1.54, 1.807) is 12.3 Å². The zero-order chi connectivity index (χ0) is 17.8. The zero-order valence-corrected chi connectivity index (χ0v) is 14.6. The highest BCUT2D eigenvalue weighted by atomic mass is 16.1. The average Bonchev–Trinajstić information content (AvgIpc) is 2.56. The van der Waals surface area contributed by atoms with Gasteiger partial charge < -0.3 is 10.6 Å². The molecule has 0 aliphatic rings. The molecule has 0 radical (unpaired) electrons. The summed E-state index contributed by atoms with van der Waals surface area (Å²) in [6.07, 6.45) is 1.67. The molecule has 126 valence electrons. The summed E-state index contributed by atoms with van der Waals surface area (Å²) in [6.45, 7) is 6.14. The first-order chi connectivity index (χ1) is 12.0. The van der Waals surface area contributed by atoms with Crippen LogP contribution >= 0.6 is 0 Å². The molecule has 3 rings (SSSR count). The standard InChI is InChI=1S/C21H21N3O/c1-14-4-6-17(7-5-14)24-21(25)20-9-8-18(13-22-20)23-19-11-15(2)10-16(3)12-19/h4-13,23H,1-3H3,(H,24,25). The lowest BCUT2D eigenvalue weighted by molar-refractivity contribution is 0.102. The summed E-state index contributed by atoms with van der Waals surface area (Å²) >= 11 is 0. The van der Waals surface area contributed by atoms with Gasteiger partial charge in [0.2, 0.25) is 0 Å². The number of carbonyl (C=O) groups excluding carboxylic acids is 1. The van der Waals surface area contributed by atoms with Gasteiger partial charge in [-0.3, -0.25) is 4.79 Å². The van der Waals surface area contributed by atoms with Crippen molar-refractivity contribution in [2.45, 2.75) is 20.8 Å². The van der Waals surface area contributed by atoms with Gasteiger partial charge in [0.15, 0.2) is 0 Å². The first-order valence-corrected chi connectivity index (χ1v) is 8.19. The molecule has 0 aliphatic carbocycles. The van der Waals surface area contributed by atoms with Crippen LogP contribution in [0.25, 0.3) is 0 Å². The lowest BCUT2D eigenvalue weighted by atomic mass is 10.1. The second-order valence-electron chi connectivity index (χ2n) is 6.25. The van der Waals surface area contributed by atoms with Gasteiger partial charge in [-0.2, -0.15) is 0 Å². The van der Waals surface area contributed by atoms with Crippen molar-refractivity contribution in [1.82, 2.24) is 4.98 Å². The van der Waals surface area contributed by atoms with Crippen molar-refractivity contribution >= 4 is 23.0 Å². The molecule has 2 N–H and O–H groups in total. The third-order valence-corrected chi connectivity index (χ3v) is 3.82. The lowest BCUT2D eigenvalue weighted by Crippen LogP contribution is -2.13. The minimum atomic E-state index is -0.221. The summed E-state index contributed by atoms with van der Waals surface area (Å²) in [6, 6.07) is 17.5. The Balaban J connectivity index is 1.68. The van der Waals surface area contributed by atoms with E-state index in [9.17, 15) is 4.79 Å². The molecule has 4 heteroatoms. The molecule has 0 aliphatic heterocycles. The Labute approximate surface area is 147 Å². The summed E-state index contributed by atoms with van der Waals surface area (Å²) in [5, 5.41) is 6.16. The monoisotopic (exact) mass is 331 g/mol. The van der Waals surface area contributed by atoms with Gasteiger partial charge in [0.1, 0.15) is 5.69 Å². The van der Waals surface area contributed by atoms with Crippen molar-refractivity contribution < 1.29 is 4.79 Å². The third kappa shape index (κ3) is 4.44. The first-order valence-electron chi connectivity index (χ1n) is 8.19. The summed E-state index contributed by atoms with van der Waals surface area (Å²) in [4.78, 5) is 16.5. The Bertz CT molecular complexity index is 864. The number of pyridine rings is 1. The van der Waals surface area contributed by atoms with Crippen LogP contribution in [0.3, 0.4) is 0 Å². The molecule has 0 unspecified atom stereocenters. The number of aromatic nitrogens is 1. The summed E-state index contributed by atoms with van der Waals surface area (Å²) in [5.74, 6) is -0.221. The number of benzene rings is 2. The maximum atomic E-state index is 12.3. The molecule has 4 nitrogen and oxygen atoms in total. The molecule has 0 spiro atoms. The minimum absolute atomic E-state index is 0.221. The van der Waals surface area contributed by atoms with Gasteiger partial charge in [-0.25, -0.2) is 4.98 Å². The maximum absolute atomic E-state index is 12.3. The van der Waals surface area contributed by atoms with E-state index in [2.05, 4.69) is 47.7 Å². The molecule has 2 aromatic carbocycles. The van der Waals surface area contributed by atoms with Crippen LogP contribution in [-0.2, 0) is 0 Å². The molecule has 0 fully saturated rings. The van der Waals surface area contributed by atoms with E-state index in [1.807, 2.05) is 37.3 Å². The molecular formula is C21H21N3O. The van der Waals surface area contributed by atoms with Gasteiger partial charge in [-0.15, -0.1) is 0 Å². The largest absolute Gasteiger partial charge is 0.354 e. The van der Waals surface area contributed by atoms with E-state index in [4.69, 9.17) is 0 Å². The highest BCUT2D eigenvalue weighted by Gasteiger charge is 2.08. The number of hydrogen-bond donors (Lipinski definition) is 2. The number of nitrogens with zero attached hydrogens (tertiary/aromatic N) is 1. The number of amides is 1. The fraction of sp³-hybridized carbons (Fsp3) is 0.143. The number of carbonyl (C=O) groups is 1. The number of anilines is 3. The molecule has 0 bridgehead atoms. The van der Waals surface area contributed by atoms with E-state index in [0.717, 1.165) is 22.6 Å². The molecule has 1 amide bonds. The number of aryl methyl sites for hydroxylation is 3. The molecule has 1 heterocycles. The maximum Gasteiger partial charge on any atom is 0.274 e. The van der Waals surface area contributed by atoms with E-state index < -0.39 is 0 Å². The molecule has 25 heavy (non-hydrogen) atoms. The van der Waals surface area contributed by atoms with Crippen molar-refractivity contribution in [3.05, 3.63) is 83.2 Å². The topological polar surface area (TPSA) is 54.0 Å². The number of hydrogen-bond acceptors (Lipinski definition) is 3. The van der Waals surface area contributed by atoms with Crippen molar-refractivity contribution in [3.63, 3.8) is 0 Å². The highest BCUT2D eigenvalue weighted by Crippen LogP contribution is 2.19. The Morgan fingerprint density at radius 1 is 0.760 bits per heavy atom. The summed E-state index contributed by atoms with van der Waals surface area (Å²) in [7, 11) is 0. The van der Waals surface area contributed by atoms with Crippen LogP contribution in [0.4, 0.5) is 17.1 Å². The first kappa shape index (κ1) is 16.7. The Hall–Kier alpha value is -3.14. The Morgan fingerprint density at radius 3 is 2.00 bits per heavy atom. The van der Waals surface area contributed by atoms with Crippen LogP contribution in [0, 0.1) is 20.8 Å². The summed E-state index contributed by atoms with van der Waals surface area (Å²) in [5.41, 5.74) is 6.54. The molecular weight excluding hydrogens is 310 g/mol. The van der Waals surface area contributed by atoms with Crippen molar-refractivity contribution in [2.75, 3.05) is 10.6 Å². The van der Waals surface area contributed by atoms with Gasteiger partial charge >= 0.3 is 0 Å². The fourth-order valence-electron chi connectivity index (χ4n) is 2.65. The van der Waals surface area contributed by atoms with E-state index >= 15 is 0 Å². The van der Waals surface area contributed by atoms with Crippen LogP contribution < -0.4 is 10.6 Å². The average molecular weight is 331 g/mol. The van der Waals surface area contributed by atoms with E-state index in [-0.39, 0.29) is 5.91 Å². The van der Waals surface area contributed by atoms with Crippen LogP contribution in [0.15, 0.2) is 60.8 Å².